The highest BCUT2D eigenvalue weighted by Gasteiger charge is 2.25. The number of hydrogen-bond donors (Lipinski definition) is 1. The van der Waals surface area contributed by atoms with Crippen molar-refractivity contribution in [2.24, 2.45) is 0 Å². The molecular weight excluding hydrogens is 302 g/mol. The standard InChI is InChI=1S/C19H21N3O2/c23-19(21-13-15-6-4-12-24-15)16-7-3-10-20-18(16)22-11-9-14-5-1-2-8-17(14)22/h1-3,5,7-8,10,15H,4,6,9,11-13H2,(H,21,23). The molecule has 0 bridgehead atoms. The van der Waals surface area contributed by atoms with Gasteiger partial charge in [-0.05, 0) is 43.0 Å². The van der Waals surface area contributed by atoms with Gasteiger partial charge in [-0.2, -0.15) is 0 Å². The Balaban J connectivity index is 1.56. The summed E-state index contributed by atoms with van der Waals surface area (Å²) in [5.41, 5.74) is 3.06. The molecule has 1 aromatic carbocycles. The van der Waals surface area contributed by atoms with Crippen LogP contribution in [0.2, 0.25) is 0 Å². The van der Waals surface area contributed by atoms with Crippen LogP contribution < -0.4 is 10.2 Å². The first-order chi connectivity index (χ1) is 11.8. The van der Waals surface area contributed by atoms with E-state index in [2.05, 4.69) is 33.4 Å². The van der Waals surface area contributed by atoms with E-state index in [0.717, 1.165) is 43.9 Å². The average molecular weight is 323 g/mol. The van der Waals surface area contributed by atoms with Gasteiger partial charge in [0.2, 0.25) is 0 Å². The molecule has 2 aliphatic heterocycles. The molecule has 3 heterocycles. The maximum atomic E-state index is 12.7. The molecule has 24 heavy (non-hydrogen) atoms. The van der Waals surface area contributed by atoms with E-state index in [9.17, 15) is 4.79 Å². The van der Waals surface area contributed by atoms with Crippen LogP contribution in [0.5, 0.6) is 0 Å². The summed E-state index contributed by atoms with van der Waals surface area (Å²) in [6.07, 6.45) is 4.95. The van der Waals surface area contributed by atoms with Gasteiger partial charge < -0.3 is 15.0 Å². The molecule has 1 fully saturated rings. The summed E-state index contributed by atoms with van der Waals surface area (Å²) in [7, 11) is 0. The molecule has 0 saturated carbocycles. The van der Waals surface area contributed by atoms with E-state index in [1.807, 2.05) is 18.2 Å². The summed E-state index contributed by atoms with van der Waals surface area (Å²) in [5.74, 6) is 0.644. The molecule has 1 amide bonds. The van der Waals surface area contributed by atoms with E-state index >= 15 is 0 Å². The first-order valence-electron chi connectivity index (χ1n) is 8.53. The molecule has 4 rings (SSSR count). The number of ether oxygens (including phenoxy) is 1. The zero-order valence-corrected chi connectivity index (χ0v) is 13.6. The van der Waals surface area contributed by atoms with Crippen molar-refractivity contribution in [3.8, 4) is 0 Å². The van der Waals surface area contributed by atoms with E-state index in [1.165, 1.54) is 5.56 Å². The summed E-state index contributed by atoms with van der Waals surface area (Å²) in [6.45, 7) is 2.20. The zero-order chi connectivity index (χ0) is 16.4. The fraction of sp³-hybridized carbons (Fsp3) is 0.368. The number of para-hydroxylation sites is 1. The quantitative estimate of drug-likeness (QED) is 0.940. The lowest BCUT2D eigenvalue weighted by molar-refractivity contribution is 0.0858. The van der Waals surface area contributed by atoms with Gasteiger partial charge in [0.1, 0.15) is 5.82 Å². The summed E-state index contributed by atoms with van der Waals surface area (Å²) in [6, 6.07) is 12.0. The highest BCUT2D eigenvalue weighted by atomic mass is 16.5. The second-order valence-corrected chi connectivity index (χ2v) is 6.25. The lowest BCUT2D eigenvalue weighted by Gasteiger charge is -2.21. The normalized spacial score (nSPS) is 19.3. The zero-order valence-electron chi connectivity index (χ0n) is 13.6. The SMILES string of the molecule is O=C(NCC1CCCO1)c1cccnc1N1CCc2ccccc21. The minimum Gasteiger partial charge on any atom is -0.376 e. The number of carbonyl (C=O) groups is 1. The van der Waals surface area contributed by atoms with Crippen LogP contribution in [0.25, 0.3) is 0 Å². The van der Waals surface area contributed by atoms with E-state index in [-0.39, 0.29) is 12.0 Å². The molecule has 124 valence electrons. The Morgan fingerprint density at radius 1 is 1.29 bits per heavy atom. The molecule has 1 N–H and O–H groups in total. The molecule has 5 nitrogen and oxygen atoms in total. The van der Waals surface area contributed by atoms with Crippen LogP contribution in [0.3, 0.4) is 0 Å². The smallest absolute Gasteiger partial charge is 0.255 e. The van der Waals surface area contributed by atoms with Crippen molar-refractivity contribution in [3.05, 3.63) is 53.7 Å². The predicted octanol–water partition coefficient (Wildman–Crippen LogP) is 2.68. The van der Waals surface area contributed by atoms with Crippen LogP contribution >= 0.6 is 0 Å². The predicted molar refractivity (Wildman–Crippen MR) is 92.7 cm³/mol. The molecule has 1 aromatic heterocycles. The number of benzene rings is 1. The Hall–Kier alpha value is -2.40. The van der Waals surface area contributed by atoms with Gasteiger partial charge in [-0.25, -0.2) is 4.98 Å². The number of nitrogens with one attached hydrogen (secondary N) is 1. The molecular formula is C19H21N3O2. The lowest BCUT2D eigenvalue weighted by atomic mass is 10.1. The highest BCUT2D eigenvalue weighted by molar-refractivity contribution is 5.99. The number of rotatable bonds is 4. The number of amides is 1. The van der Waals surface area contributed by atoms with E-state index in [1.54, 1.807) is 6.20 Å². The number of anilines is 2. The second kappa shape index (κ2) is 6.61. The highest BCUT2D eigenvalue weighted by Crippen LogP contribution is 2.34. The van der Waals surface area contributed by atoms with Gasteiger partial charge in [-0.3, -0.25) is 4.79 Å². The van der Waals surface area contributed by atoms with E-state index in [4.69, 9.17) is 4.74 Å². The van der Waals surface area contributed by atoms with Crippen molar-refractivity contribution < 1.29 is 9.53 Å². The monoisotopic (exact) mass is 323 g/mol. The lowest BCUT2D eigenvalue weighted by Crippen LogP contribution is -2.33. The number of pyridine rings is 1. The molecule has 0 aliphatic carbocycles. The molecule has 2 aromatic rings. The molecule has 5 heteroatoms. The number of aromatic nitrogens is 1. The van der Waals surface area contributed by atoms with Crippen molar-refractivity contribution in [1.29, 1.82) is 0 Å². The Kier molecular flexibility index (Phi) is 4.17. The number of nitrogens with zero attached hydrogens (tertiary/aromatic N) is 2. The van der Waals surface area contributed by atoms with Gasteiger partial charge in [-0.1, -0.05) is 18.2 Å². The van der Waals surface area contributed by atoms with Gasteiger partial charge in [0.25, 0.3) is 5.91 Å². The van der Waals surface area contributed by atoms with Crippen LogP contribution in [-0.4, -0.2) is 36.7 Å². The second-order valence-electron chi connectivity index (χ2n) is 6.25. The third kappa shape index (κ3) is 2.87. The Bertz CT molecular complexity index is 741. The van der Waals surface area contributed by atoms with Crippen molar-refractivity contribution >= 4 is 17.4 Å². The van der Waals surface area contributed by atoms with Crippen molar-refractivity contribution in [2.75, 3.05) is 24.6 Å². The average Bonchev–Trinajstić information content (AvgIpc) is 3.29. The number of hydrogen-bond acceptors (Lipinski definition) is 4. The summed E-state index contributed by atoms with van der Waals surface area (Å²) in [5, 5.41) is 3.00. The van der Waals surface area contributed by atoms with Crippen LogP contribution in [0.4, 0.5) is 11.5 Å². The third-order valence-electron chi connectivity index (χ3n) is 4.69. The maximum Gasteiger partial charge on any atom is 0.255 e. The molecule has 1 atom stereocenters. The largest absolute Gasteiger partial charge is 0.376 e. The van der Waals surface area contributed by atoms with Crippen LogP contribution in [0.15, 0.2) is 42.6 Å². The topological polar surface area (TPSA) is 54.5 Å². The number of fused-ring (bicyclic) bond motifs is 1. The molecule has 1 unspecified atom stereocenters. The Morgan fingerprint density at radius 2 is 2.21 bits per heavy atom. The molecule has 0 radical (unpaired) electrons. The van der Waals surface area contributed by atoms with Gasteiger partial charge >= 0.3 is 0 Å². The number of carbonyl (C=O) groups excluding carboxylic acids is 1. The van der Waals surface area contributed by atoms with Gasteiger partial charge in [0.15, 0.2) is 0 Å². The first-order valence-corrected chi connectivity index (χ1v) is 8.53. The molecule has 1 saturated heterocycles. The Labute approximate surface area is 141 Å². The fourth-order valence-corrected chi connectivity index (χ4v) is 3.45. The van der Waals surface area contributed by atoms with E-state index in [0.29, 0.717) is 12.1 Å². The summed E-state index contributed by atoms with van der Waals surface area (Å²) in [4.78, 5) is 19.3. The van der Waals surface area contributed by atoms with Crippen LogP contribution in [0.1, 0.15) is 28.8 Å². The minimum atomic E-state index is -0.0852. The molecule has 0 spiro atoms. The summed E-state index contributed by atoms with van der Waals surface area (Å²) >= 11 is 0. The maximum absolute atomic E-state index is 12.7. The van der Waals surface area contributed by atoms with Crippen LogP contribution in [0, 0.1) is 0 Å². The van der Waals surface area contributed by atoms with Crippen LogP contribution in [-0.2, 0) is 11.2 Å². The van der Waals surface area contributed by atoms with E-state index < -0.39 is 0 Å². The van der Waals surface area contributed by atoms with Gasteiger partial charge in [0.05, 0.1) is 11.7 Å². The third-order valence-corrected chi connectivity index (χ3v) is 4.69. The first kappa shape index (κ1) is 15.1. The molecule has 2 aliphatic rings. The fourth-order valence-electron chi connectivity index (χ4n) is 3.45. The minimum absolute atomic E-state index is 0.0852. The van der Waals surface area contributed by atoms with Crippen molar-refractivity contribution in [2.45, 2.75) is 25.4 Å². The summed E-state index contributed by atoms with van der Waals surface area (Å²) < 4.78 is 5.57. The van der Waals surface area contributed by atoms with Gasteiger partial charge in [-0.15, -0.1) is 0 Å². The van der Waals surface area contributed by atoms with Gasteiger partial charge in [0, 0.05) is 31.6 Å². The van der Waals surface area contributed by atoms with Crippen molar-refractivity contribution in [1.82, 2.24) is 10.3 Å². The Morgan fingerprint density at radius 3 is 3.08 bits per heavy atom. The van der Waals surface area contributed by atoms with Crippen molar-refractivity contribution in [3.63, 3.8) is 0 Å².